The second kappa shape index (κ2) is 10.3. The summed E-state index contributed by atoms with van der Waals surface area (Å²) in [7, 11) is 6.19. The fourth-order valence-corrected chi connectivity index (χ4v) is 4.06. The lowest BCUT2D eigenvalue weighted by Crippen LogP contribution is -2.42. The number of rotatable bonds is 9. The summed E-state index contributed by atoms with van der Waals surface area (Å²) in [5.41, 5.74) is 1.53. The first-order valence-electron chi connectivity index (χ1n) is 10.4. The quantitative estimate of drug-likeness (QED) is 0.550. The smallest absolute Gasteiger partial charge is 0.328 e. The van der Waals surface area contributed by atoms with Crippen molar-refractivity contribution < 1.29 is 33.3 Å². The molecule has 0 spiro atoms. The van der Waals surface area contributed by atoms with Gasteiger partial charge in [-0.15, -0.1) is 0 Å². The minimum Gasteiger partial charge on any atom is -0.497 e. The van der Waals surface area contributed by atoms with Crippen LogP contribution >= 0.6 is 0 Å². The van der Waals surface area contributed by atoms with Crippen LogP contribution in [0.5, 0.6) is 23.0 Å². The van der Waals surface area contributed by atoms with E-state index < -0.39 is 18.1 Å². The molecule has 1 aliphatic heterocycles. The molecule has 0 N–H and O–H groups in total. The number of carbonyl (C=O) groups is 2. The zero-order chi connectivity index (χ0) is 23.3. The fraction of sp³-hybridized carbons (Fsp3) is 0.417. The van der Waals surface area contributed by atoms with Crippen molar-refractivity contribution in [3.05, 3.63) is 47.5 Å². The molecule has 8 nitrogen and oxygen atoms in total. The summed E-state index contributed by atoms with van der Waals surface area (Å²) < 4.78 is 27.0. The summed E-state index contributed by atoms with van der Waals surface area (Å²) in [5.74, 6) is 1.51. The van der Waals surface area contributed by atoms with Crippen LogP contribution in [0.15, 0.2) is 36.4 Å². The molecule has 2 aromatic rings. The van der Waals surface area contributed by atoms with Crippen molar-refractivity contribution in [2.24, 2.45) is 0 Å². The second-order valence-corrected chi connectivity index (χ2v) is 7.24. The largest absolute Gasteiger partial charge is 0.497 e. The van der Waals surface area contributed by atoms with Crippen LogP contribution in [0.4, 0.5) is 0 Å². The average molecular weight is 443 g/mol. The van der Waals surface area contributed by atoms with Crippen LogP contribution in [-0.4, -0.2) is 57.9 Å². The molecule has 1 heterocycles. The Morgan fingerprint density at radius 3 is 2.09 bits per heavy atom. The molecule has 32 heavy (non-hydrogen) atoms. The maximum atomic E-state index is 13.0. The summed E-state index contributed by atoms with van der Waals surface area (Å²) >= 11 is 0. The number of benzene rings is 2. The van der Waals surface area contributed by atoms with Crippen LogP contribution in [0.25, 0.3) is 0 Å². The lowest BCUT2D eigenvalue weighted by Gasteiger charge is -2.33. The molecule has 1 saturated heterocycles. The van der Waals surface area contributed by atoms with Gasteiger partial charge in [0.05, 0.1) is 41.1 Å². The molecule has 0 bridgehead atoms. The van der Waals surface area contributed by atoms with Crippen molar-refractivity contribution in [1.29, 1.82) is 0 Å². The summed E-state index contributed by atoms with van der Waals surface area (Å²) in [6.07, 6.45) is 0.662. The third-order valence-electron chi connectivity index (χ3n) is 5.53. The fourth-order valence-electron chi connectivity index (χ4n) is 4.06. The predicted molar refractivity (Wildman–Crippen MR) is 117 cm³/mol. The second-order valence-electron chi connectivity index (χ2n) is 7.24. The zero-order valence-corrected chi connectivity index (χ0v) is 19.0. The molecule has 0 saturated carbocycles. The Morgan fingerprint density at radius 1 is 0.969 bits per heavy atom. The summed E-state index contributed by atoms with van der Waals surface area (Å²) in [4.78, 5) is 27.4. The van der Waals surface area contributed by atoms with Crippen LogP contribution in [0.1, 0.15) is 36.9 Å². The average Bonchev–Trinajstić information content (AvgIpc) is 3.20. The molecule has 2 unspecified atom stereocenters. The van der Waals surface area contributed by atoms with E-state index in [4.69, 9.17) is 23.7 Å². The van der Waals surface area contributed by atoms with E-state index in [9.17, 15) is 9.59 Å². The van der Waals surface area contributed by atoms with Gasteiger partial charge in [0.1, 0.15) is 11.8 Å². The van der Waals surface area contributed by atoms with E-state index in [1.807, 2.05) is 24.3 Å². The molecule has 0 radical (unpaired) electrons. The van der Waals surface area contributed by atoms with E-state index in [2.05, 4.69) is 0 Å². The Hall–Kier alpha value is -3.42. The number of hydrogen-bond acceptors (Lipinski definition) is 7. The molecule has 0 aromatic heterocycles. The Labute approximate surface area is 188 Å². The number of likely N-dealkylation sites (tertiary alicyclic amines) is 1. The van der Waals surface area contributed by atoms with Crippen molar-refractivity contribution in [3.63, 3.8) is 0 Å². The Morgan fingerprint density at radius 2 is 1.59 bits per heavy atom. The number of amides is 1. The molecule has 1 amide bonds. The number of esters is 1. The van der Waals surface area contributed by atoms with Crippen LogP contribution < -0.4 is 18.9 Å². The third-order valence-corrected chi connectivity index (χ3v) is 5.53. The van der Waals surface area contributed by atoms with E-state index in [0.717, 1.165) is 5.56 Å². The van der Waals surface area contributed by atoms with Crippen LogP contribution in [0, 0.1) is 0 Å². The molecule has 1 fully saturated rings. The number of nitrogens with zero attached hydrogens (tertiary/aromatic N) is 1. The molecule has 2 atom stereocenters. The SMILES string of the molecule is CCOC(=O)C1CCC(=O)N1C(c1ccc(OC)cc1)c1cc(OC)c(OC)c(OC)c1. The lowest BCUT2D eigenvalue weighted by molar-refractivity contribution is -0.152. The predicted octanol–water partition coefficient (Wildman–Crippen LogP) is 3.36. The monoisotopic (exact) mass is 443 g/mol. The summed E-state index contributed by atoms with van der Waals surface area (Å²) in [5, 5.41) is 0. The first-order chi connectivity index (χ1) is 15.5. The van der Waals surface area contributed by atoms with Gasteiger partial charge in [-0.3, -0.25) is 4.79 Å². The van der Waals surface area contributed by atoms with Gasteiger partial charge in [-0.25, -0.2) is 4.79 Å². The zero-order valence-electron chi connectivity index (χ0n) is 19.0. The molecule has 3 rings (SSSR count). The van der Waals surface area contributed by atoms with Gasteiger partial charge in [0, 0.05) is 6.42 Å². The van der Waals surface area contributed by atoms with Gasteiger partial charge in [-0.2, -0.15) is 0 Å². The van der Waals surface area contributed by atoms with Crippen LogP contribution in [0.3, 0.4) is 0 Å². The van der Waals surface area contributed by atoms with Gasteiger partial charge < -0.3 is 28.6 Å². The van der Waals surface area contributed by atoms with Gasteiger partial charge in [-0.05, 0) is 48.7 Å². The highest BCUT2D eigenvalue weighted by Gasteiger charge is 2.42. The highest BCUT2D eigenvalue weighted by atomic mass is 16.5. The maximum absolute atomic E-state index is 13.0. The van der Waals surface area contributed by atoms with Gasteiger partial charge in [0.2, 0.25) is 11.7 Å². The lowest BCUT2D eigenvalue weighted by atomic mass is 9.95. The minimum atomic E-state index is -0.686. The first-order valence-corrected chi connectivity index (χ1v) is 10.4. The van der Waals surface area contributed by atoms with E-state index in [1.165, 1.54) is 21.3 Å². The molecule has 1 aliphatic rings. The maximum Gasteiger partial charge on any atom is 0.328 e. The standard InChI is InChI=1S/C24H29NO7/c1-6-32-24(27)18-11-12-21(26)25(18)22(15-7-9-17(28-2)10-8-15)16-13-19(29-3)23(31-5)20(14-16)30-4/h7-10,13-14,18,22H,6,11-12H2,1-5H3. The molecular weight excluding hydrogens is 414 g/mol. The van der Waals surface area contributed by atoms with Crippen LogP contribution in [-0.2, 0) is 14.3 Å². The van der Waals surface area contributed by atoms with Crippen molar-refractivity contribution in [3.8, 4) is 23.0 Å². The molecule has 2 aromatic carbocycles. The minimum absolute atomic E-state index is 0.127. The first kappa shape index (κ1) is 23.2. The topological polar surface area (TPSA) is 83.5 Å². The van der Waals surface area contributed by atoms with E-state index in [1.54, 1.807) is 31.1 Å². The Balaban J connectivity index is 2.19. The molecule has 172 valence electrons. The summed E-state index contributed by atoms with van der Waals surface area (Å²) in [6.45, 7) is 1.99. The van der Waals surface area contributed by atoms with Crippen molar-refractivity contribution in [2.45, 2.75) is 31.8 Å². The van der Waals surface area contributed by atoms with Gasteiger partial charge in [0.25, 0.3) is 0 Å². The number of methoxy groups -OCH3 is 4. The Kier molecular flexibility index (Phi) is 7.45. The highest BCUT2D eigenvalue weighted by molar-refractivity contribution is 5.89. The normalized spacial score (nSPS) is 16.5. The number of ether oxygens (including phenoxy) is 5. The highest BCUT2D eigenvalue weighted by Crippen LogP contribution is 2.44. The van der Waals surface area contributed by atoms with Crippen LogP contribution in [0.2, 0.25) is 0 Å². The Bertz CT molecular complexity index is 932. The van der Waals surface area contributed by atoms with Crippen molar-refractivity contribution >= 4 is 11.9 Å². The van der Waals surface area contributed by atoms with Gasteiger partial charge >= 0.3 is 5.97 Å². The van der Waals surface area contributed by atoms with E-state index in [-0.39, 0.29) is 18.9 Å². The van der Waals surface area contributed by atoms with Gasteiger partial charge in [0.15, 0.2) is 11.5 Å². The van der Waals surface area contributed by atoms with E-state index in [0.29, 0.717) is 35.0 Å². The molecule has 8 heteroatoms. The van der Waals surface area contributed by atoms with Crippen molar-refractivity contribution in [2.75, 3.05) is 35.0 Å². The number of carbonyl (C=O) groups excluding carboxylic acids is 2. The number of hydrogen-bond donors (Lipinski definition) is 0. The molecule has 0 aliphatic carbocycles. The van der Waals surface area contributed by atoms with E-state index >= 15 is 0 Å². The summed E-state index contributed by atoms with van der Waals surface area (Å²) in [6, 6.07) is 9.72. The molecular formula is C24H29NO7. The van der Waals surface area contributed by atoms with Gasteiger partial charge in [-0.1, -0.05) is 12.1 Å². The van der Waals surface area contributed by atoms with Crippen molar-refractivity contribution in [1.82, 2.24) is 4.90 Å². The third kappa shape index (κ3) is 4.44.